The van der Waals surface area contributed by atoms with Gasteiger partial charge in [-0.05, 0) is 43.8 Å². The molecule has 7 heteroatoms. The molecule has 24 heavy (non-hydrogen) atoms. The summed E-state index contributed by atoms with van der Waals surface area (Å²) in [6, 6.07) is 2.76. The molecular formula is C17H18F2N2O2S. The molecule has 1 aromatic rings. The van der Waals surface area contributed by atoms with Crippen LogP contribution in [-0.2, 0) is 9.53 Å². The highest BCUT2D eigenvalue weighted by molar-refractivity contribution is 7.80. The van der Waals surface area contributed by atoms with Crippen LogP contribution >= 0.6 is 12.2 Å². The number of ether oxygens (including phenoxy) is 1. The number of carbonyl (C=O) groups is 1. The maximum absolute atomic E-state index is 13.6. The third-order valence-electron chi connectivity index (χ3n) is 3.68. The molecule has 0 aliphatic carbocycles. The Morgan fingerprint density at radius 1 is 1.46 bits per heavy atom. The third-order valence-corrected chi connectivity index (χ3v) is 4.02. The summed E-state index contributed by atoms with van der Waals surface area (Å²) < 4.78 is 31.9. The molecule has 0 fully saturated rings. The first-order chi connectivity index (χ1) is 11.4. The van der Waals surface area contributed by atoms with Crippen LogP contribution in [0.2, 0.25) is 0 Å². The van der Waals surface area contributed by atoms with Crippen LogP contribution in [-0.4, -0.2) is 29.1 Å². The summed E-state index contributed by atoms with van der Waals surface area (Å²) in [4.78, 5) is 14.1. The summed E-state index contributed by atoms with van der Waals surface area (Å²) in [5.41, 5.74) is 1.28. The lowest BCUT2D eigenvalue weighted by atomic mass is 9.95. The van der Waals surface area contributed by atoms with E-state index in [1.807, 2.05) is 0 Å². The number of carbonyl (C=O) groups excluding carboxylic acids is 1. The van der Waals surface area contributed by atoms with Gasteiger partial charge in [-0.15, -0.1) is 6.58 Å². The lowest BCUT2D eigenvalue weighted by molar-refractivity contribution is -0.139. The smallest absolute Gasteiger partial charge is 0.338 e. The Morgan fingerprint density at radius 3 is 2.75 bits per heavy atom. The molecule has 1 aliphatic heterocycles. The highest BCUT2D eigenvalue weighted by Gasteiger charge is 2.34. The van der Waals surface area contributed by atoms with Crippen molar-refractivity contribution in [1.29, 1.82) is 0 Å². The summed E-state index contributed by atoms with van der Waals surface area (Å²) in [6.07, 6.45) is 1.65. The average Bonchev–Trinajstić information content (AvgIpc) is 2.53. The first-order valence-electron chi connectivity index (χ1n) is 7.42. The van der Waals surface area contributed by atoms with E-state index in [4.69, 9.17) is 17.0 Å². The predicted molar refractivity (Wildman–Crippen MR) is 91.1 cm³/mol. The number of allylic oxidation sites excluding steroid dienone is 1. The van der Waals surface area contributed by atoms with Gasteiger partial charge < -0.3 is 15.0 Å². The van der Waals surface area contributed by atoms with E-state index in [1.54, 1.807) is 24.8 Å². The molecule has 0 bridgehead atoms. The fourth-order valence-electron chi connectivity index (χ4n) is 2.55. The first-order valence-corrected chi connectivity index (χ1v) is 7.83. The number of esters is 1. The second-order valence-corrected chi connectivity index (χ2v) is 5.56. The summed E-state index contributed by atoms with van der Waals surface area (Å²) in [5.74, 6) is -2.48. The molecule has 1 aliphatic rings. The van der Waals surface area contributed by atoms with Crippen molar-refractivity contribution in [3.63, 3.8) is 0 Å². The number of nitrogens with one attached hydrogen (secondary N) is 1. The highest BCUT2D eigenvalue weighted by atomic mass is 32.1. The van der Waals surface area contributed by atoms with Crippen LogP contribution in [0.15, 0.2) is 42.1 Å². The van der Waals surface area contributed by atoms with Gasteiger partial charge in [-0.3, -0.25) is 0 Å². The molecule has 0 spiro atoms. The average molecular weight is 352 g/mol. The summed E-state index contributed by atoms with van der Waals surface area (Å²) in [6.45, 7) is 7.71. The minimum atomic E-state index is -0.991. The van der Waals surface area contributed by atoms with Gasteiger partial charge in [0.25, 0.3) is 0 Å². The molecule has 1 atom stereocenters. The Bertz CT molecular complexity index is 719. The van der Waals surface area contributed by atoms with Gasteiger partial charge in [-0.2, -0.15) is 0 Å². The largest absolute Gasteiger partial charge is 0.463 e. The van der Waals surface area contributed by atoms with Gasteiger partial charge >= 0.3 is 5.97 Å². The van der Waals surface area contributed by atoms with Crippen molar-refractivity contribution in [2.45, 2.75) is 19.9 Å². The molecule has 0 amide bonds. The fourth-order valence-corrected chi connectivity index (χ4v) is 2.87. The van der Waals surface area contributed by atoms with Crippen LogP contribution in [0.25, 0.3) is 0 Å². The Morgan fingerprint density at radius 2 is 2.17 bits per heavy atom. The van der Waals surface area contributed by atoms with Crippen molar-refractivity contribution in [3.05, 3.63) is 59.3 Å². The zero-order valence-electron chi connectivity index (χ0n) is 13.4. The van der Waals surface area contributed by atoms with E-state index in [9.17, 15) is 13.6 Å². The van der Waals surface area contributed by atoms with E-state index in [-0.39, 0.29) is 6.61 Å². The molecule has 0 radical (unpaired) electrons. The minimum absolute atomic E-state index is 0.200. The van der Waals surface area contributed by atoms with Gasteiger partial charge in [0.2, 0.25) is 0 Å². The number of benzene rings is 1. The van der Waals surface area contributed by atoms with Crippen LogP contribution in [0.5, 0.6) is 0 Å². The molecule has 0 aromatic heterocycles. The molecule has 1 N–H and O–H groups in total. The standard InChI is InChI=1S/C17H18F2N2O2S/c1-4-8-21-10(3)14(16(22)23-5-2)15(20-17(21)24)11-6-7-12(18)13(19)9-11/h4,6-7,9,15H,1,5,8H2,2-3H3,(H,20,24)/t15-/m1/s1. The van der Waals surface area contributed by atoms with Crippen LogP contribution in [0.1, 0.15) is 25.5 Å². The van der Waals surface area contributed by atoms with Crippen LogP contribution in [0, 0.1) is 11.6 Å². The Labute approximate surface area is 144 Å². The molecule has 4 nitrogen and oxygen atoms in total. The van der Waals surface area contributed by atoms with Crippen molar-refractivity contribution >= 4 is 23.3 Å². The summed E-state index contributed by atoms with van der Waals surface area (Å²) in [5, 5.41) is 3.37. The van der Waals surface area contributed by atoms with Crippen molar-refractivity contribution in [2.24, 2.45) is 0 Å². The number of rotatable bonds is 5. The lowest BCUT2D eigenvalue weighted by Crippen LogP contribution is -2.47. The second kappa shape index (κ2) is 7.53. The predicted octanol–water partition coefficient (Wildman–Crippen LogP) is 3.22. The lowest BCUT2D eigenvalue weighted by Gasteiger charge is -2.37. The highest BCUT2D eigenvalue weighted by Crippen LogP contribution is 2.32. The number of hydrogen-bond acceptors (Lipinski definition) is 3. The molecule has 0 saturated carbocycles. The van der Waals surface area contributed by atoms with Crippen LogP contribution < -0.4 is 5.32 Å². The quantitative estimate of drug-likeness (QED) is 0.501. The normalized spacial score (nSPS) is 17.6. The summed E-state index contributed by atoms with van der Waals surface area (Å²) >= 11 is 5.32. The van der Waals surface area contributed by atoms with E-state index >= 15 is 0 Å². The fraction of sp³-hybridized carbons (Fsp3) is 0.294. The van der Waals surface area contributed by atoms with E-state index in [1.165, 1.54) is 6.07 Å². The maximum atomic E-state index is 13.6. The van der Waals surface area contributed by atoms with Crippen LogP contribution in [0.3, 0.4) is 0 Å². The summed E-state index contributed by atoms with van der Waals surface area (Å²) in [7, 11) is 0. The molecule has 1 heterocycles. The number of thiocarbonyl (C=S) groups is 1. The van der Waals surface area contributed by atoms with Crippen molar-refractivity contribution < 1.29 is 18.3 Å². The van der Waals surface area contributed by atoms with Crippen molar-refractivity contribution in [3.8, 4) is 0 Å². The number of nitrogens with zero attached hydrogens (tertiary/aromatic N) is 1. The van der Waals surface area contributed by atoms with Gasteiger partial charge in [0, 0.05) is 12.2 Å². The third kappa shape index (κ3) is 3.46. The molecule has 0 unspecified atom stereocenters. The number of hydrogen-bond donors (Lipinski definition) is 1. The minimum Gasteiger partial charge on any atom is -0.463 e. The zero-order chi connectivity index (χ0) is 17.9. The monoisotopic (exact) mass is 352 g/mol. The van der Waals surface area contributed by atoms with E-state index in [0.717, 1.165) is 12.1 Å². The maximum Gasteiger partial charge on any atom is 0.338 e. The first kappa shape index (κ1) is 18.1. The van der Waals surface area contributed by atoms with Gasteiger partial charge in [-0.1, -0.05) is 12.1 Å². The second-order valence-electron chi connectivity index (χ2n) is 5.17. The van der Waals surface area contributed by atoms with Gasteiger partial charge in [0.05, 0.1) is 18.2 Å². The van der Waals surface area contributed by atoms with E-state index < -0.39 is 23.6 Å². The topological polar surface area (TPSA) is 41.6 Å². The molecule has 0 saturated heterocycles. The van der Waals surface area contributed by atoms with E-state index in [2.05, 4.69) is 11.9 Å². The zero-order valence-corrected chi connectivity index (χ0v) is 14.3. The Balaban J connectivity index is 2.55. The Kier molecular flexibility index (Phi) is 5.66. The SMILES string of the molecule is C=CCN1C(=S)N[C@H](c2ccc(F)c(F)c2)C(C(=O)OCC)=C1C. The van der Waals surface area contributed by atoms with Crippen LogP contribution in [0.4, 0.5) is 8.78 Å². The van der Waals surface area contributed by atoms with Crippen molar-refractivity contribution in [1.82, 2.24) is 10.2 Å². The molecule has 2 rings (SSSR count). The van der Waals surface area contributed by atoms with Gasteiger partial charge in [-0.25, -0.2) is 13.6 Å². The molecular weight excluding hydrogens is 334 g/mol. The van der Waals surface area contributed by atoms with Gasteiger partial charge in [0.1, 0.15) is 0 Å². The van der Waals surface area contributed by atoms with E-state index in [0.29, 0.717) is 28.5 Å². The van der Waals surface area contributed by atoms with Crippen molar-refractivity contribution in [2.75, 3.05) is 13.2 Å². The van der Waals surface area contributed by atoms with Gasteiger partial charge in [0.15, 0.2) is 16.7 Å². The molecule has 1 aromatic carbocycles. The molecule has 128 valence electrons. The Hall–Kier alpha value is -2.28. The number of halogens is 2.